The molecule has 1 saturated heterocycles. The molecule has 2 rings (SSSR count). The average molecular weight is 276 g/mol. The van der Waals surface area contributed by atoms with E-state index in [1.165, 1.54) is 0 Å². The van der Waals surface area contributed by atoms with Crippen LogP contribution < -0.4 is 4.74 Å². The Morgan fingerprint density at radius 1 is 1.20 bits per heavy atom. The standard InChI is InChI=1S/C15H20N2O3/c1-11-8-12(2)14(13(9-11)20-3)15(19)17-6-4-16(10-18)5-7-17/h8-10H,4-7H2,1-3H3. The summed E-state index contributed by atoms with van der Waals surface area (Å²) in [6.45, 7) is 6.20. The van der Waals surface area contributed by atoms with Gasteiger partial charge in [-0.2, -0.15) is 0 Å². The van der Waals surface area contributed by atoms with Crippen molar-refractivity contribution in [2.45, 2.75) is 13.8 Å². The topological polar surface area (TPSA) is 49.9 Å². The van der Waals surface area contributed by atoms with Gasteiger partial charge in [-0.25, -0.2) is 0 Å². The highest BCUT2D eigenvalue weighted by Crippen LogP contribution is 2.26. The lowest BCUT2D eigenvalue weighted by Crippen LogP contribution is -2.48. The van der Waals surface area contributed by atoms with Crippen molar-refractivity contribution in [3.8, 4) is 5.75 Å². The molecule has 0 bridgehead atoms. The quantitative estimate of drug-likeness (QED) is 0.780. The van der Waals surface area contributed by atoms with Gasteiger partial charge in [-0.1, -0.05) is 6.07 Å². The van der Waals surface area contributed by atoms with E-state index in [4.69, 9.17) is 4.74 Å². The number of rotatable bonds is 3. The number of ether oxygens (including phenoxy) is 1. The fraction of sp³-hybridized carbons (Fsp3) is 0.467. The van der Waals surface area contributed by atoms with E-state index >= 15 is 0 Å². The maximum Gasteiger partial charge on any atom is 0.258 e. The number of carbonyl (C=O) groups is 2. The summed E-state index contributed by atoms with van der Waals surface area (Å²) in [5, 5.41) is 0. The van der Waals surface area contributed by atoms with Gasteiger partial charge in [0.25, 0.3) is 5.91 Å². The minimum absolute atomic E-state index is 0.0232. The first kappa shape index (κ1) is 14.4. The number of amides is 2. The molecule has 1 aromatic carbocycles. The second-order valence-corrected chi connectivity index (χ2v) is 5.09. The minimum atomic E-state index is -0.0232. The van der Waals surface area contributed by atoms with Gasteiger partial charge >= 0.3 is 0 Å². The zero-order valence-electron chi connectivity index (χ0n) is 12.2. The van der Waals surface area contributed by atoms with Crippen LogP contribution in [0.15, 0.2) is 12.1 Å². The van der Waals surface area contributed by atoms with E-state index in [0.717, 1.165) is 17.5 Å². The molecule has 2 amide bonds. The van der Waals surface area contributed by atoms with Crippen molar-refractivity contribution in [3.63, 3.8) is 0 Å². The van der Waals surface area contributed by atoms with Crippen LogP contribution in [0.4, 0.5) is 0 Å². The predicted molar refractivity (Wildman–Crippen MR) is 76.0 cm³/mol. The SMILES string of the molecule is COc1cc(C)cc(C)c1C(=O)N1CCN(C=O)CC1. The van der Waals surface area contributed by atoms with Gasteiger partial charge in [0, 0.05) is 26.2 Å². The summed E-state index contributed by atoms with van der Waals surface area (Å²) in [6.07, 6.45) is 0.833. The third-order valence-corrected chi connectivity index (χ3v) is 3.63. The fourth-order valence-corrected chi connectivity index (χ4v) is 2.55. The molecule has 0 saturated carbocycles. The van der Waals surface area contributed by atoms with Crippen molar-refractivity contribution in [2.24, 2.45) is 0 Å². The highest BCUT2D eigenvalue weighted by molar-refractivity contribution is 5.98. The monoisotopic (exact) mass is 276 g/mol. The van der Waals surface area contributed by atoms with Crippen molar-refractivity contribution < 1.29 is 14.3 Å². The minimum Gasteiger partial charge on any atom is -0.496 e. The van der Waals surface area contributed by atoms with Gasteiger partial charge in [0.15, 0.2) is 0 Å². The normalized spacial score (nSPS) is 15.2. The Hall–Kier alpha value is -2.04. The molecule has 1 aliphatic rings. The molecule has 1 fully saturated rings. The molecule has 5 heteroatoms. The van der Waals surface area contributed by atoms with Crippen LogP contribution in [0.1, 0.15) is 21.5 Å². The van der Waals surface area contributed by atoms with E-state index in [1.54, 1.807) is 16.9 Å². The van der Waals surface area contributed by atoms with E-state index in [-0.39, 0.29) is 5.91 Å². The molecular formula is C15H20N2O3. The lowest BCUT2D eigenvalue weighted by atomic mass is 10.0. The summed E-state index contributed by atoms with van der Waals surface area (Å²) < 4.78 is 5.35. The average Bonchev–Trinajstić information content (AvgIpc) is 2.46. The summed E-state index contributed by atoms with van der Waals surface area (Å²) in [7, 11) is 1.58. The third kappa shape index (κ3) is 2.76. The molecule has 0 aromatic heterocycles. The number of aryl methyl sites for hydroxylation is 2. The van der Waals surface area contributed by atoms with Crippen LogP contribution in [0.2, 0.25) is 0 Å². The van der Waals surface area contributed by atoms with E-state index < -0.39 is 0 Å². The van der Waals surface area contributed by atoms with Gasteiger partial charge in [0.1, 0.15) is 5.75 Å². The van der Waals surface area contributed by atoms with Crippen molar-refractivity contribution in [2.75, 3.05) is 33.3 Å². The van der Waals surface area contributed by atoms with Gasteiger partial charge in [0.2, 0.25) is 6.41 Å². The number of piperazine rings is 1. The molecule has 1 aliphatic heterocycles. The van der Waals surface area contributed by atoms with Crippen LogP contribution >= 0.6 is 0 Å². The van der Waals surface area contributed by atoms with Crippen LogP contribution in [0.5, 0.6) is 5.75 Å². The van der Waals surface area contributed by atoms with Gasteiger partial charge < -0.3 is 14.5 Å². The molecule has 0 radical (unpaired) electrons. The number of nitrogens with zero attached hydrogens (tertiary/aromatic N) is 2. The van der Waals surface area contributed by atoms with Gasteiger partial charge in [-0.3, -0.25) is 9.59 Å². The molecule has 1 aromatic rings. The molecule has 0 atom stereocenters. The Balaban J connectivity index is 2.23. The van der Waals surface area contributed by atoms with Crippen molar-refractivity contribution >= 4 is 12.3 Å². The number of hydrogen-bond donors (Lipinski definition) is 0. The lowest BCUT2D eigenvalue weighted by molar-refractivity contribution is -0.119. The number of benzene rings is 1. The summed E-state index contributed by atoms with van der Waals surface area (Å²) in [5.74, 6) is 0.593. The van der Waals surface area contributed by atoms with Gasteiger partial charge in [0.05, 0.1) is 12.7 Å². The number of hydrogen-bond acceptors (Lipinski definition) is 3. The molecule has 1 heterocycles. The first-order valence-corrected chi connectivity index (χ1v) is 6.70. The van der Waals surface area contributed by atoms with E-state index in [9.17, 15) is 9.59 Å². The second-order valence-electron chi connectivity index (χ2n) is 5.09. The second kappa shape index (κ2) is 5.94. The number of methoxy groups -OCH3 is 1. The molecule has 0 spiro atoms. The Morgan fingerprint density at radius 2 is 1.85 bits per heavy atom. The zero-order valence-corrected chi connectivity index (χ0v) is 12.2. The maximum absolute atomic E-state index is 12.6. The molecule has 5 nitrogen and oxygen atoms in total. The molecule has 0 unspecified atom stereocenters. The first-order valence-electron chi connectivity index (χ1n) is 6.70. The zero-order chi connectivity index (χ0) is 14.7. The van der Waals surface area contributed by atoms with E-state index in [0.29, 0.717) is 37.5 Å². The van der Waals surface area contributed by atoms with Crippen LogP contribution in [0.3, 0.4) is 0 Å². The van der Waals surface area contributed by atoms with E-state index in [2.05, 4.69) is 0 Å². The highest BCUT2D eigenvalue weighted by atomic mass is 16.5. The van der Waals surface area contributed by atoms with Crippen molar-refractivity contribution in [1.82, 2.24) is 9.80 Å². The van der Waals surface area contributed by atoms with Crippen LogP contribution in [0.25, 0.3) is 0 Å². The largest absolute Gasteiger partial charge is 0.496 e. The smallest absolute Gasteiger partial charge is 0.258 e. The molecule has 108 valence electrons. The van der Waals surface area contributed by atoms with Crippen LogP contribution in [-0.4, -0.2) is 55.4 Å². The molecule has 0 aliphatic carbocycles. The number of carbonyl (C=O) groups excluding carboxylic acids is 2. The van der Waals surface area contributed by atoms with Gasteiger partial charge in [-0.15, -0.1) is 0 Å². The van der Waals surface area contributed by atoms with Crippen molar-refractivity contribution in [1.29, 1.82) is 0 Å². The molecule has 20 heavy (non-hydrogen) atoms. The maximum atomic E-state index is 12.6. The summed E-state index contributed by atoms with van der Waals surface area (Å²) >= 11 is 0. The lowest BCUT2D eigenvalue weighted by Gasteiger charge is -2.33. The Morgan fingerprint density at radius 3 is 2.40 bits per heavy atom. The Kier molecular flexibility index (Phi) is 4.27. The highest BCUT2D eigenvalue weighted by Gasteiger charge is 2.25. The summed E-state index contributed by atoms with van der Waals surface area (Å²) in [6, 6.07) is 3.86. The Labute approximate surface area is 119 Å². The van der Waals surface area contributed by atoms with Crippen molar-refractivity contribution in [3.05, 3.63) is 28.8 Å². The molecule has 0 N–H and O–H groups in total. The van der Waals surface area contributed by atoms with E-state index in [1.807, 2.05) is 26.0 Å². The third-order valence-electron chi connectivity index (χ3n) is 3.63. The summed E-state index contributed by atoms with van der Waals surface area (Å²) in [4.78, 5) is 26.8. The first-order chi connectivity index (χ1) is 9.56. The van der Waals surface area contributed by atoms with Crippen LogP contribution in [-0.2, 0) is 4.79 Å². The summed E-state index contributed by atoms with van der Waals surface area (Å²) in [5.41, 5.74) is 2.61. The Bertz CT molecular complexity index is 520. The predicted octanol–water partition coefficient (Wildman–Crippen LogP) is 1.23. The van der Waals surface area contributed by atoms with Gasteiger partial charge in [-0.05, 0) is 31.0 Å². The fourth-order valence-electron chi connectivity index (χ4n) is 2.55. The molecular weight excluding hydrogens is 256 g/mol. The van der Waals surface area contributed by atoms with Crippen LogP contribution in [0, 0.1) is 13.8 Å².